The molecule has 2 rings (SSSR count). The molecule has 0 fully saturated rings. The first-order valence-electron chi connectivity index (χ1n) is 7.06. The first kappa shape index (κ1) is 17.1. The van der Waals surface area contributed by atoms with E-state index in [1.165, 1.54) is 19.2 Å². The molecule has 24 heavy (non-hydrogen) atoms. The number of methoxy groups -OCH3 is 1. The molecule has 0 saturated heterocycles. The predicted octanol–water partition coefficient (Wildman–Crippen LogP) is 2.08. The van der Waals surface area contributed by atoms with Crippen LogP contribution in [0, 0.1) is 10.1 Å². The van der Waals surface area contributed by atoms with Crippen molar-refractivity contribution in [1.29, 1.82) is 0 Å². The number of nitro groups is 1. The van der Waals surface area contributed by atoms with Gasteiger partial charge in [0.25, 0.3) is 11.6 Å². The molecule has 0 spiro atoms. The van der Waals surface area contributed by atoms with Crippen molar-refractivity contribution in [3.63, 3.8) is 0 Å². The third kappa shape index (κ3) is 4.60. The molecular weight excluding hydrogens is 314 g/mol. The Morgan fingerprint density at radius 1 is 1.25 bits per heavy atom. The van der Waals surface area contributed by atoms with E-state index < -0.39 is 10.8 Å². The smallest absolute Gasteiger partial charge is 0.271 e. The summed E-state index contributed by atoms with van der Waals surface area (Å²) in [6.07, 6.45) is 0. The fourth-order valence-corrected chi connectivity index (χ4v) is 2.02. The van der Waals surface area contributed by atoms with Crippen molar-refractivity contribution in [3.05, 3.63) is 58.1 Å². The number of hydrogen-bond acceptors (Lipinski definition) is 6. The number of nitro benzene ring substituents is 1. The van der Waals surface area contributed by atoms with Crippen molar-refractivity contribution < 1.29 is 19.2 Å². The monoisotopic (exact) mass is 331 g/mol. The molecule has 0 saturated carbocycles. The van der Waals surface area contributed by atoms with Crippen molar-refractivity contribution in [1.82, 2.24) is 0 Å². The molecule has 0 atom stereocenters. The number of hydrogen-bond donors (Lipinski definition) is 2. The third-order valence-corrected chi connectivity index (χ3v) is 3.15. The van der Waals surface area contributed by atoms with E-state index in [0.29, 0.717) is 23.7 Å². The Labute approximate surface area is 138 Å². The highest BCUT2D eigenvalue weighted by atomic mass is 16.6. The van der Waals surface area contributed by atoms with Crippen LogP contribution in [0.4, 0.5) is 11.4 Å². The van der Waals surface area contributed by atoms with Crippen LogP contribution in [0.5, 0.6) is 11.5 Å². The number of anilines is 1. The van der Waals surface area contributed by atoms with E-state index >= 15 is 0 Å². The molecule has 0 aliphatic rings. The average Bonchev–Trinajstić information content (AvgIpc) is 2.58. The highest BCUT2D eigenvalue weighted by Gasteiger charge is 2.08. The van der Waals surface area contributed by atoms with E-state index in [1.54, 1.807) is 30.3 Å². The molecule has 2 aromatic rings. The molecule has 2 aromatic carbocycles. The van der Waals surface area contributed by atoms with Crippen molar-refractivity contribution in [2.45, 2.75) is 6.54 Å². The van der Waals surface area contributed by atoms with Crippen LogP contribution in [-0.2, 0) is 11.3 Å². The van der Waals surface area contributed by atoms with Gasteiger partial charge in [-0.1, -0.05) is 12.1 Å². The van der Waals surface area contributed by atoms with Gasteiger partial charge in [-0.2, -0.15) is 0 Å². The zero-order valence-corrected chi connectivity index (χ0v) is 13.0. The lowest BCUT2D eigenvalue weighted by molar-refractivity contribution is -0.384. The van der Waals surface area contributed by atoms with E-state index in [-0.39, 0.29) is 12.3 Å². The topological polar surface area (TPSA) is 117 Å². The Morgan fingerprint density at radius 2 is 2.04 bits per heavy atom. The highest BCUT2D eigenvalue weighted by molar-refractivity contribution is 5.75. The van der Waals surface area contributed by atoms with Gasteiger partial charge < -0.3 is 20.5 Å². The molecule has 0 aliphatic heterocycles. The van der Waals surface area contributed by atoms with Gasteiger partial charge in [-0.3, -0.25) is 14.9 Å². The summed E-state index contributed by atoms with van der Waals surface area (Å²) in [5, 5.41) is 13.9. The van der Waals surface area contributed by atoms with E-state index in [9.17, 15) is 14.9 Å². The zero-order chi connectivity index (χ0) is 17.5. The van der Waals surface area contributed by atoms with E-state index in [4.69, 9.17) is 15.2 Å². The number of primary amides is 1. The summed E-state index contributed by atoms with van der Waals surface area (Å²) in [5.41, 5.74) is 6.58. The van der Waals surface area contributed by atoms with Gasteiger partial charge in [0.1, 0.15) is 0 Å². The SMILES string of the molecule is COc1cc(CNc2cccc([N+](=O)[O-])c2)ccc1OCC(N)=O. The van der Waals surface area contributed by atoms with Crippen LogP contribution in [0.2, 0.25) is 0 Å². The lowest BCUT2D eigenvalue weighted by atomic mass is 10.2. The minimum atomic E-state index is -0.575. The maximum Gasteiger partial charge on any atom is 0.271 e. The number of carbonyl (C=O) groups is 1. The first-order chi connectivity index (χ1) is 11.5. The summed E-state index contributed by atoms with van der Waals surface area (Å²) in [7, 11) is 1.49. The Kier molecular flexibility index (Phi) is 5.56. The molecule has 0 radical (unpaired) electrons. The van der Waals surface area contributed by atoms with Crippen molar-refractivity contribution >= 4 is 17.3 Å². The van der Waals surface area contributed by atoms with Crippen LogP contribution in [0.15, 0.2) is 42.5 Å². The second kappa shape index (κ2) is 7.82. The van der Waals surface area contributed by atoms with Gasteiger partial charge >= 0.3 is 0 Å². The second-order valence-corrected chi connectivity index (χ2v) is 4.90. The number of ether oxygens (including phenoxy) is 2. The molecule has 0 unspecified atom stereocenters. The summed E-state index contributed by atoms with van der Waals surface area (Å²) in [5.74, 6) is 0.304. The highest BCUT2D eigenvalue weighted by Crippen LogP contribution is 2.28. The number of non-ortho nitro benzene ring substituents is 1. The Balaban J connectivity index is 2.06. The number of benzene rings is 2. The van der Waals surface area contributed by atoms with Gasteiger partial charge in [-0.15, -0.1) is 0 Å². The number of carbonyl (C=O) groups excluding carboxylic acids is 1. The fraction of sp³-hybridized carbons (Fsp3) is 0.188. The van der Waals surface area contributed by atoms with Crippen LogP contribution in [-0.4, -0.2) is 24.5 Å². The molecule has 126 valence electrons. The van der Waals surface area contributed by atoms with Crippen molar-refractivity contribution in [2.75, 3.05) is 19.0 Å². The molecule has 8 heteroatoms. The van der Waals surface area contributed by atoms with Crippen LogP contribution < -0.4 is 20.5 Å². The quantitative estimate of drug-likeness (QED) is 0.565. The van der Waals surface area contributed by atoms with E-state index in [1.807, 2.05) is 0 Å². The second-order valence-electron chi connectivity index (χ2n) is 4.90. The van der Waals surface area contributed by atoms with E-state index in [0.717, 1.165) is 5.56 Å². The summed E-state index contributed by atoms with van der Waals surface area (Å²) in [4.78, 5) is 21.1. The molecule has 0 aromatic heterocycles. The number of nitrogens with two attached hydrogens (primary N) is 1. The summed E-state index contributed by atoms with van der Waals surface area (Å²) >= 11 is 0. The zero-order valence-electron chi connectivity index (χ0n) is 13.0. The van der Waals surface area contributed by atoms with Crippen molar-refractivity contribution in [2.24, 2.45) is 5.73 Å². The molecular formula is C16H17N3O5. The average molecular weight is 331 g/mol. The molecule has 0 aliphatic carbocycles. The minimum Gasteiger partial charge on any atom is -0.493 e. The summed E-state index contributed by atoms with van der Waals surface area (Å²) in [6.45, 7) is 0.204. The van der Waals surface area contributed by atoms with Crippen molar-refractivity contribution in [3.8, 4) is 11.5 Å². The lowest BCUT2D eigenvalue weighted by Gasteiger charge is -2.12. The number of nitrogens with one attached hydrogen (secondary N) is 1. The molecule has 1 amide bonds. The van der Waals surface area contributed by atoms with Gasteiger partial charge in [0.15, 0.2) is 18.1 Å². The standard InChI is InChI=1S/C16H17N3O5/c1-23-15-7-11(5-6-14(15)24-10-16(17)20)9-18-12-3-2-4-13(8-12)19(21)22/h2-8,18H,9-10H2,1H3,(H2,17,20). The fourth-order valence-electron chi connectivity index (χ4n) is 2.02. The molecule has 8 nitrogen and oxygen atoms in total. The minimum absolute atomic E-state index is 0.0211. The van der Waals surface area contributed by atoms with Gasteiger partial charge in [-0.05, 0) is 23.8 Å². The molecule has 0 bridgehead atoms. The summed E-state index contributed by atoms with van der Waals surface area (Å²) in [6, 6.07) is 11.5. The van der Waals surface area contributed by atoms with Crippen LogP contribution >= 0.6 is 0 Å². The first-order valence-corrected chi connectivity index (χ1v) is 7.06. The third-order valence-electron chi connectivity index (χ3n) is 3.15. The normalized spacial score (nSPS) is 10.0. The Hall–Kier alpha value is -3.29. The van der Waals surface area contributed by atoms with Crippen LogP contribution in [0.25, 0.3) is 0 Å². The number of rotatable bonds is 8. The predicted molar refractivity (Wildman–Crippen MR) is 88.1 cm³/mol. The Morgan fingerprint density at radius 3 is 2.71 bits per heavy atom. The van der Waals surface area contributed by atoms with Gasteiger partial charge in [0, 0.05) is 24.4 Å². The van der Waals surface area contributed by atoms with Gasteiger partial charge in [-0.25, -0.2) is 0 Å². The maximum absolute atomic E-state index is 10.8. The molecule has 3 N–H and O–H groups in total. The van der Waals surface area contributed by atoms with Crippen LogP contribution in [0.1, 0.15) is 5.56 Å². The van der Waals surface area contributed by atoms with Gasteiger partial charge in [0.05, 0.1) is 12.0 Å². The summed E-state index contributed by atoms with van der Waals surface area (Å²) < 4.78 is 10.5. The van der Waals surface area contributed by atoms with E-state index in [2.05, 4.69) is 5.32 Å². The number of nitrogens with zero attached hydrogens (tertiary/aromatic N) is 1. The molecule has 0 heterocycles. The van der Waals surface area contributed by atoms with Crippen LogP contribution in [0.3, 0.4) is 0 Å². The largest absolute Gasteiger partial charge is 0.493 e. The lowest BCUT2D eigenvalue weighted by Crippen LogP contribution is -2.20. The van der Waals surface area contributed by atoms with Gasteiger partial charge in [0.2, 0.25) is 0 Å². The Bertz CT molecular complexity index is 748. The maximum atomic E-state index is 10.8. The number of amides is 1.